The Morgan fingerprint density at radius 3 is 2.57 bits per heavy atom. The van der Waals surface area contributed by atoms with E-state index in [9.17, 15) is 9.59 Å². The average Bonchev–Trinajstić information content (AvgIpc) is 3.44. The van der Waals surface area contributed by atoms with Crippen LogP contribution in [0, 0.1) is 0 Å². The molecular weight excluding hydrogens is 436 g/mol. The van der Waals surface area contributed by atoms with Gasteiger partial charge in [-0.25, -0.2) is 4.98 Å². The molecule has 1 aliphatic rings. The minimum absolute atomic E-state index is 0.0368. The average molecular weight is 469 g/mol. The fourth-order valence-electron chi connectivity index (χ4n) is 4.39. The Morgan fingerprint density at radius 1 is 1.11 bits per heavy atom. The van der Waals surface area contributed by atoms with Gasteiger partial charge in [0.15, 0.2) is 0 Å². The van der Waals surface area contributed by atoms with Crippen molar-refractivity contribution in [1.29, 1.82) is 0 Å². The summed E-state index contributed by atoms with van der Waals surface area (Å²) in [5.74, 6) is 0.626. The number of nitrogens with zero attached hydrogens (tertiary/aromatic N) is 3. The maximum absolute atomic E-state index is 13.0. The van der Waals surface area contributed by atoms with Crippen molar-refractivity contribution in [1.82, 2.24) is 19.8 Å². The lowest BCUT2D eigenvalue weighted by Gasteiger charge is -2.17. The number of fused-ring (bicyclic) bond motifs is 1. The van der Waals surface area contributed by atoms with Gasteiger partial charge in [-0.2, -0.15) is 0 Å². The Labute approximate surface area is 206 Å². The number of para-hydroxylation sites is 2. The fraction of sp³-hybridized carbons (Fsp3) is 0.276. The third-order valence-electron chi connectivity index (χ3n) is 6.38. The molecule has 0 aliphatic heterocycles. The van der Waals surface area contributed by atoms with Crippen molar-refractivity contribution in [2.75, 3.05) is 13.6 Å². The highest BCUT2D eigenvalue weighted by molar-refractivity contribution is 5.94. The predicted octanol–water partition coefficient (Wildman–Crippen LogP) is 5.04. The Bertz CT molecular complexity index is 1300. The van der Waals surface area contributed by atoms with Gasteiger partial charge in [0.05, 0.1) is 11.0 Å². The van der Waals surface area contributed by atoms with E-state index in [1.807, 2.05) is 78.2 Å². The van der Waals surface area contributed by atoms with Crippen LogP contribution in [0.2, 0.25) is 0 Å². The van der Waals surface area contributed by atoms with Crippen LogP contribution in [0.4, 0.5) is 0 Å². The van der Waals surface area contributed by atoms with Gasteiger partial charge in [0.25, 0.3) is 5.91 Å². The van der Waals surface area contributed by atoms with E-state index < -0.39 is 0 Å². The Kier molecular flexibility index (Phi) is 7.60. The van der Waals surface area contributed by atoms with E-state index in [4.69, 9.17) is 4.98 Å². The summed E-state index contributed by atoms with van der Waals surface area (Å²) < 4.78 is 1.94. The molecule has 35 heavy (non-hydrogen) atoms. The number of aromatic nitrogens is 2. The van der Waals surface area contributed by atoms with E-state index >= 15 is 0 Å². The molecule has 2 amide bonds. The van der Waals surface area contributed by atoms with E-state index in [0.29, 0.717) is 18.5 Å². The summed E-state index contributed by atoms with van der Waals surface area (Å²) in [5, 5.41) is 3.04. The van der Waals surface area contributed by atoms with Crippen LogP contribution in [0.3, 0.4) is 0 Å². The second-order valence-electron chi connectivity index (χ2n) is 8.86. The second kappa shape index (κ2) is 11.0. The largest absolute Gasteiger partial charge is 0.341 e. The minimum atomic E-state index is -0.114. The first-order chi connectivity index (χ1) is 17.0. The van der Waals surface area contributed by atoms with E-state index in [2.05, 4.69) is 11.9 Å². The van der Waals surface area contributed by atoms with Gasteiger partial charge in [-0.3, -0.25) is 9.59 Å². The predicted molar refractivity (Wildman–Crippen MR) is 140 cm³/mol. The summed E-state index contributed by atoms with van der Waals surface area (Å²) in [7, 11) is 1.79. The monoisotopic (exact) mass is 468 g/mol. The summed E-state index contributed by atoms with van der Waals surface area (Å²) in [6, 6.07) is 17.0. The van der Waals surface area contributed by atoms with Gasteiger partial charge >= 0.3 is 0 Å². The molecule has 0 unspecified atom stereocenters. The van der Waals surface area contributed by atoms with Gasteiger partial charge in [-0.1, -0.05) is 48.6 Å². The normalized spacial score (nSPS) is 15.1. The Balaban J connectivity index is 1.49. The van der Waals surface area contributed by atoms with Crippen molar-refractivity contribution in [3.8, 4) is 0 Å². The highest BCUT2D eigenvalue weighted by Crippen LogP contribution is 2.29. The van der Waals surface area contributed by atoms with Gasteiger partial charge in [0.1, 0.15) is 12.4 Å². The Morgan fingerprint density at radius 2 is 1.86 bits per heavy atom. The quantitative estimate of drug-likeness (QED) is 0.504. The van der Waals surface area contributed by atoms with Gasteiger partial charge in [0, 0.05) is 31.3 Å². The van der Waals surface area contributed by atoms with Crippen LogP contribution in [0.15, 0.2) is 90.2 Å². The van der Waals surface area contributed by atoms with Crippen molar-refractivity contribution in [3.63, 3.8) is 0 Å². The third-order valence-corrected chi connectivity index (χ3v) is 6.38. The highest BCUT2D eigenvalue weighted by Gasteiger charge is 2.17. The Hall–Kier alpha value is -3.93. The van der Waals surface area contributed by atoms with Gasteiger partial charge < -0.3 is 14.8 Å². The molecule has 2 aromatic carbocycles. The van der Waals surface area contributed by atoms with Gasteiger partial charge in [-0.15, -0.1) is 0 Å². The zero-order valence-electron chi connectivity index (χ0n) is 20.5. The molecule has 1 aromatic heterocycles. The van der Waals surface area contributed by atoms with Crippen LogP contribution < -0.4 is 5.32 Å². The molecule has 0 atom stereocenters. The molecule has 1 heterocycles. The molecule has 6 nitrogen and oxygen atoms in total. The van der Waals surface area contributed by atoms with Crippen LogP contribution in [0.5, 0.6) is 0 Å². The van der Waals surface area contributed by atoms with Crippen LogP contribution in [0.1, 0.15) is 42.4 Å². The van der Waals surface area contributed by atoms with E-state index in [1.54, 1.807) is 11.9 Å². The van der Waals surface area contributed by atoms with Crippen molar-refractivity contribution in [2.24, 2.45) is 0 Å². The maximum atomic E-state index is 13.0. The topological polar surface area (TPSA) is 67.2 Å². The zero-order valence-corrected chi connectivity index (χ0v) is 20.5. The third kappa shape index (κ3) is 5.77. The van der Waals surface area contributed by atoms with E-state index in [0.717, 1.165) is 47.4 Å². The van der Waals surface area contributed by atoms with E-state index in [-0.39, 0.29) is 18.4 Å². The molecular formula is C29H32N4O2. The summed E-state index contributed by atoms with van der Waals surface area (Å²) in [6.45, 7) is 6.68. The molecule has 3 aromatic rings. The van der Waals surface area contributed by atoms with Crippen molar-refractivity contribution < 1.29 is 9.59 Å². The number of benzene rings is 2. The van der Waals surface area contributed by atoms with Crippen molar-refractivity contribution >= 4 is 22.8 Å². The smallest absolute Gasteiger partial charge is 0.253 e. The number of hydrogen-bond acceptors (Lipinski definition) is 3. The number of hydrogen-bond donors (Lipinski definition) is 1. The molecule has 0 spiro atoms. The molecule has 1 N–H and O–H groups in total. The second-order valence-corrected chi connectivity index (χ2v) is 8.86. The zero-order chi connectivity index (χ0) is 24.8. The van der Waals surface area contributed by atoms with Crippen LogP contribution in [-0.4, -0.2) is 39.9 Å². The first-order valence-electron chi connectivity index (χ1n) is 12.1. The number of imidazole rings is 1. The summed E-state index contributed by atoms with van der Waals surface area (Å²) in [5.41, 5.74) is 5.53. The lowest BCUT2D eigenvalue weighted by molar-refractivity contribution is -0.120. The van der Waals surface area contributed by atoms with Crippen molar-refractivity contribution in [3.05, 3.63) is 102 Å². The molecule has 1 aliphatic carbocycles. The van der Waals surface area contributed by atoms with Gasteiger partial charge in [0.2, 0.25) is 5.91 Å². The lowest BCUT2D eigenvalue weighted by atomic mass is 10.1. The van der Waals surface area contributed by atoms with Crippen LogP contribution >= 0.6 is 0 Å². The molecule has 1 fully saturated rings. The number of likely N-dealkylation sites (N-methyl/N-ethyl adjacent to an activating group) is 1. The number of carbonyl (C=O) groups excluding carboxylic acids is 2. The molecule has 6 heteroatoms. The molecule has 0 radical (unpaired) electrons. The van der Waals surface area contributed by atoms with Gasteiger partial charge in [-0.05, 0) is 62.1 Å². The number of carbonyl (C=O) groups is 2. The minimum Gasteiger partial charge on any atom is -0.341 e. The van der Waals surface area contributed by atoms with Crippen LogP contribution in [-0.2, 0) is 17.8 Å². The first kappa shape index (κ1) is 24.2. The fourth-order valence-corrected chi connectivity index (χ4v) is 4.39. The SMILES string of the molecule is C=C1CCC/C1=C/C(=C\C)NC(=O)Cn1c(CCN(C)C(=O)c2ccccc2)nc2ccccc21. The summed E-state index contributed by atoms with van der Waals surface area (Å²) >= 11 is 0. The van der Waals surface area contributed by atoms with Crippen LogP contribution in [0.25, 0.3) is 11.0 Å². The van der Waals surface area contributed by atoms with E-state index in [1.165, 1.54) is 5.57 Å². The molecule has 1 saturated carbocycles. The number of allylic oxidation sites excluding steroid dienone is 4. The summed E-state index contributed by atoms with van der Waals surface area (Å²) in [6.07, 6.45) is 7.61. The number of amides is 2. The first-order valence-corrected chi connectivity index (χ1v) is 12.1. The number of nitrogens with one attached hydrogen (secondary N) is 1. The standard InChI is InChI=1S/C29H32N4O2/c1-4-24(19-23-14-10-11-21(23)2)30-28(34)20-33-26-16-9-8-15-25(26)31-27(33)17-18-32(3)29(35)22-12-6-5-7-13-22/h4-9,12-13,15-16,19H,2,10-11,14,17-18,20H2,1,3H3,(H,30,34)/b23-19-,24-4+. The van der Waals surface area contributed by atoms with Crippen molar-refractivity contribution in [2.45, 2.75) is 39.2 Å². The molecule has 4 rings (SSSR count). The molecule has 0 saturated heterocycles. The molecule has 180 valence electrons. The highest BCUT2D eigenvalue weighted by atomic mass is 16.2. The maximum Gasteiger partial charge on any atom is 0.253 e. The summed E-state index contributed by atoms with van der Waals surface area (Å²) in [4.78, 5) is 32.2. The molecule has 0 bridgehead atoms. The lowest BCUT2D eigenvalue weighted by Crippen LogP contribution is -2.30. The number of rotatable bonds is 8.